The fourth-order valence-corrected chi connectivity index (χ4v) is 1.59. The van der Waals surface area contributed by atoms with Gasteiger partial charge in [-0.2, -0.15) is 0 Å². The standard InChI is InChI=1S/C9H16O/c1-7(2)6-8-4-3-5-9(8)10/h6,8-10H,3-5H2,1-2H3. The van der Waals surface area contributed by atoms with Gasteiger partial charge in [-0.25, -0.2) is 0 Å². The highest BCUT2D eigenvalue weighted by Gasteiger charge is 2.22. The van der Waals surface area contributed by atoms with Crippen LogP contribution in [0.3, 0.4) is 0 Å². The van der Waals surface area contributed by atoms with Gasteiger partial charge in [0.15, 0.2) is 0 Å². The third-order valence-electron chi connectivity index (χ3n) is 2.08. The zero-order valence-corrected chi connectivity index (χ0v) is 6.80. The van der Waals surface area contributed by atoms with Crippen LogP contribution in [-0.2, 0) is 0 Å². The van der Waals surface area contributed by atoms with Crippen molar-refractivity contribution in [1.29, 1.82) is 0 Å². The highest BCUT2D eigenvalue weighted by Crippen LogP contribution is 2.27. The molecule has 1 aliphatic rings. The van der Waals surface area contributed by atoms with Gasteiger partial charge in [-0.05, 0) is 26.7 Å². The molecule has 1 heteroatoms. The summed E-state index contributed by atoms with van der Waals surface area (Å²) in [5.41, 5.74) is 1.32. The first-order valence-electron chi connectivity index (χ1n) is 4.03. The molecule has 0 bridgehead atoms. The van der Waals surface area contributed by atoms with Crippen molar-refractivity contribution in [2.45, 2.75) is 39.2 Å². The summed E-state index contributed by atoms with van der Waals surface area (Å²) in [7, 11) is 0. The van der Waals surface area contributed by atoms with E-state index in [1.54, 1.807) is 0 Å². The Labute approximate surface area is 62.8 Å². The summed E-state index contributed by atoms with van der Waals surface area (Å²) in [6, 6.07) is 0. The van der Waals surface area contributed by atoms with Crippen molar-refractivity contribution in [1.82, 2.24) is 0 Å². The molecule has 58 valence electrons. The van der Waals surface area contributed by atoms with E-state index in [1.165, 1.54) is 18.4 Å². The van der Waals surface area contributed by atoms with Gasteiger partial charge in [0.1, 0.15) is 0 Å². The average Bonchev–Trinajstić information content (AvgIpc) is 2.15. The van der Waals surface area contributed by atoms with E-state index in [0.29, 0.717) is 5.92 Å². The van der Waals surface area contributed by atoms with Gasteiger partial charge in [-0.15, -0.1) is 0 Å². The summed E-state index contributed by atoms with van der Waals surface area (Å²) in [5, 5.41) is 9.39. The Morgan fingerprint density at radius 2 is 2.10 bits per heavy atom. The molecule has 1 aliphatic carbocycles. The molecule has 0 spiro atoms. The molecule has 2 unspecified atom stereocenters. The Morgan fingerprint density at radius 3 is 2.50 bits per heavy atom. The molecular weight excluding hydrogens is 124 g/mol. The number of allylic oxidation sites excluding steroid dienone is 1. The van der Waals surface area contributed by atoms with Crippen LogP contribution in [0, 0.1) is 5.92 Å². The maximum Gasteiger partial charge on any atom is 0.0602 e. The average molecular weight is 140 g/mol. The van der Waals surface area contributed by atoms with Crippen LogP contribution in [0.15, 0.2) is 11.6 Å². The van der Waals surface area contributed by atoms with Crippen molar-refractivity contribution in [2.75, 3.05) is 0 Å². The minimum Gasteiger partial charge on any atom is -0.393 e. The predicted octanol–water partition coefficient (Wildman–Crippen LogP) is 2.11. The van der Waals surface area contributed by atoms with Gasteiger partial charge in [-0.3, -0.25) is 0 Å². The summed E-state index contributed by atoms with van der Waals surface area (Å²) in [6.07, 6.45) is 5.49. The SMILES string of the molecule is CC(C)=CC1CCCC1O. The van der Waals surface area contributed by atoms with Crippen LogP contribution in [0.5, 0.6) is 0 Å². The molecule has 0 aliphatic heterocycles. The second-order valence-electron chi connectivity index (χ2n) is 3.41. The number of rotatable bonds is 1. The lowest BCUT2D eigenvalue weighted by atomic mass is 10.0. The van der Waals surface area contributed by atoms with Gasteiger partial charge in [0.05, 0.1) is 6.10 Å². The van der Waals surface area contributed by atoms with Gasteiger partial charge in [0.2, 0.25) is 0 Å². The maximum atomic E-state index is 9.39. The monoisotopic (exact) mass is 140 g/mol. The van der Waals surface area contributed by atoms with Crippen molar-refractivity contribution in [3.05, 3.63) is 11.6 Å². The summed E-state index contributed by atoms with van der Waals surface area (Å²) in [6.45, 7) is 4.18. The zero-order valence-electron chi connectivity index (χ0n) is 6.80. The Bertz CT molecular complexity index is 134. The van der Waals surface area contributed by atoms with Crippen molar-refractivity contribution in [2.24, 2.45) is 5.92 Å². The zero-order chi connectivity index (χ0) is 7.56. The fourth-order valence-electron chi connectivity index (χ4n) is 1.59. The smallest absolute Gasteiger partial charge is 0.0602 e. The minimum atomic E-state index is -0.0603. The van der Waals surface area contributed by atoms with Crippen molar-refractivity contribution in [3.8, 4) is 0 Å². The second-order valence-corrected chi connectivity index (χ2v) is 3.41. The first-order valence-corrected chi connectivity index (χ1v) is 4.03. The molecule has 2 atom stereocenters. The summed E-state index contributed by atoms with van der Waals surface area (Å²) in [4.78, 5) is 0. The van der Waals surface area contributed by atoms with E-state index in [4.69, 9.17) is 0 Å². The van der Waals surface area contributed by atoms with E-state index in [2.05, 4.69) is 19.9 Å². The lowest BCUT2D eigenvalue weighted by Gasteiger charge is -2.08. The lowest BCUT2D eigenvalue weighted by Crippen LogP contribution is -2.10. The van der Waals surface area contributed by atoms with Gasteiger partial charge in [-0.1, -0.05) is 18.1 Å². The molecule has 1 saturated carbocycles. The molecule has 1 rings (SSSR count). The number of aliphatic hydroxyl groups excluding tert-OH is 1. The predicted molar refractivity (Wildman–Crippen MR) is 42.8 cm³/mol. The molecule has 0 heterocycles. The third-order valence-corrected chi connectivity index (χ3v) is 2.08. The topological polar surface area (TPSA) is 20.2 Å². The number of hydrogen-bond acceptors (Lipinski definition) is 1. The Hall–Kier alpha value is -0.300. The Balaban J connectivity index is 2.48. The van der Waals surface area contributed by atoms with Gasteiger partial charge in [0.25, 0.3) is 0 Å². The third kappa shape index (κ3) is 1.84. The lowest BCUT2D eigenvalue weighted by molar-refractivity contribution is 0.153. The molecule has 1 nitrogen and oxygen atoms in total. The summed E-state index contributed by atoms with van der Waals surface area (Å²) in [5.74, 6) is 0.449. The summed E-state index contributed by atoms with van der Waals surface area (Å²) < 4.78 is 0. The van der Waals surface area contributed by atoms with E-state index in [0.717, 1.165) is 6.42 Å². The highest BCUT2D eigenvalue weighted by molar-refractivity contribution is 5.01. The van der Waals surface area contributed by atoms with E-state index >= 15 is 0 Å². The molecule has 0 aromatic rings. The first kappa shape index (κ1) is 7.80. The molecule has 10 heavy (non-hydrogen) atoms. The maximum absolute atomic E-state index is 9.39. The second kappa shape index (κ2) is 3.20. The first-order chi connectivity index (χ1) is 4.70. The molecule has 1 fully saturated rings. The van der Waals surface area contributed by atoms with E-state index < -0.39 is 0 Å². The fraction of sp³-hybridized carbons (Fsp3) is 0.778. The number of aliphatic hydroxyl groups is 1. The number of hydrogen-bond donors (Lipinski definition) is 1. The molecule has 0 radical (unpaired) electrons. The van der Waals surface area contributed by atoms with Crippen LogP contribution in [-0.4, -0.2) is 11.2 Å². The van der Waals surface area contributed by atoms with Crippen molar-refractivity contribution in [3.63, 3.8) is 0 Å². The molecular formula is C9H16O. The Kier molecular flexibility index (Phi) is 2.50. The van der Waals surface area contributed by atoms with Crippen LogP contribution < -0.4 is 0 Å². The summed E-state index contributed by atoms with van der Waals surface area (Å²) >= 11 is 0. The van der Waals surface area contributed by atoms with Crippen LogP contribution in [0.2, 0.25) is 0 Å². The molecule has 0 aromatic carbocycles. The van der Waals surface area contributed by atoms with Crippen LogP contribution >= 0.6 is 0 Å². The Morgan fingerprint density at radius 1 is 1.40 bits per heavy atom. The van der Waals surface area contributed by atoms with Crippen LogP contribution in [0.25, 0.3) is 0 Å². The van der Waals surface area contributed by atoms with Gasteiger partial charge >= 0.3 is 0 Å². The minimum absolute atomic E-state index is 0.0603. The highest BCUT2D eigenvalue weighted by atomic mass is 16.3. The van der Waals surface area contributed by atoms with Crippen LogP contribution in [0.4, 0.5) is 0 Å². The van der Waals surface area contributed by atoms with Crippen LogP contribution in [0.1, 0.15) is 33.1 Å². The van der Waals surface area contributed by atoms with Crippen molar-refractivity contribution < 1.29 is 5.11 Å². The van der Waals surface area contributed by atoms with Gasteiger partial charge in [0, 0.05) is 5.92 Å². The van der Waals surface area contributed by atoms with E-state index in [1.807, 2.05) is 0 Å². The van der Waals surface area contributed by atoms with E-state index in [9.17, 15) is 5.11 Å². The van der Waals surface area contributed by atoms with Gasteiger partial charge < -0.3 is 5.11 Å². The van der Waals surface area contributed by atoms with Crippen molar-refractivity contribution >= 4 is 0 Å². The normalized spacial score (nSPS) is 32.3. The molecule has 1 N–H and O–H groups in total. The molecule has 0 amide bonds. The molecule has 0 saturated heterocycles. The molecule has 0 aromatic heterocycles. The van der Waals surface area contributed by atoms with E-state index in [-0.39, 0.29) is 6.10 Å². The quantitative estimate of drug-likeness (QED) is 0.553. The largest absolute Gasteiger partial charge is 0.393 e.